The van der Waals surface area contributed by atoms with Gasteiger partial charge in [-0.25, -0.2) is 4.39 Å². The van der Waals surface area contributed by atoms with Gasteiger partial charge in [-0.2, -0.15) is 0 Å². The molecule has 3 N–H and O–H groups in total. The molecule has 0 heterocycles. The normalized spacial score (nSPS) is 13.1. The number of nitrogens with zero attached hydrogens (tertiary/aromatic N) is 2. The van der Waals surface area contributed by atoms with Crippen LogP contribution in [0.4, 0.5) is 4.39 Å². The minimum absolute atomic E-state index is 0.0744. The van der Waals surface area contributed by atoms with Gasteiger partial charge in [0, 0.05) is 24.6 Å². The summed E-state index contributed by atoms with van der Waals surface area (Å²) in [4.78, 5) is 13.8. The number of carbonyl (C=O) groups is 1. The van der Waals surface area contributed by atoms with E-state index in [-0.39, 0.29) is 23.5 Å². The highest BCUT2D eigenvalue weighted by molar-refractivity contribution is 5.94. The molecule has 0 fully saturated rings. The second kappa shape index (κ2) is 6.72. The molecular formula is C13H18FN3O2. The van der Waals surface area contributed by atoms with Crippen LogP contribution in [-0.2, 0) is 0 Å². The number of amides is 1. The van der Waals surface area contributed by atoms with Crippen molar-refractivity contribution in [3.63, 3.8) is 0 Å². The van der Waals surface area contributed by atoms with Crippen molar-refractivity contribution in [1.29, 1.82) is 0 Å². The van der Waals surface area contributed by atoms with E-state index in [0.29, 0.717) is 18.7 Å². The highest BCUT2D eigenvalue weighted by Crippen LogP contribution is 2.09. The van der Waals surface area contributed by atoms with Crippen LogP contribution in [0.2, 0.25) is 0 Å². The van der Waals surface area contributed by atoms with Crippen molar-refractivity contribution < 1.29 is 14.4 Å². The molecule has 0 spiro atoms. The SMILES string of the molecule is CCN(CC(C)/C(N)=N/O)C(=O)c1ccc(F)cc1. The van der Waals surface area contributed by atoms with Gasteiger partial charge in [-0.1, -0.05) is 12.1 Å². The third-order valence-electron chi connectivity index (χ3n) is 2.87. The van der Waals surface area contributed by atoms with Gasteiger partial charge in [-0.15, -0.1) is 0 Å². The van der Waals surface area contributed by atoms with Crippen LogP contribution in [0.15, 0.2) is 29.4 Å². The topological polar surface area (TPSA) is 78.9 Å². The Balaban J connectivity index is 2.80. The highest BCUT2D eigenvalue weighted by atomic mass is 19.1. The molecule has 1 atom stereocenters. The van der Waals surface area contributed by atoms with E-state index in [4.69, 9.17) is 10.9 Å². The van der Waals surface area contributed by atoms with Crippen LogP contribution in [0.5, 0.6) is 0 Å². The molecule has 0 aliphatic rings. The fraction of sp³-hybridized carbons (Fsp3) is 0.385. The molecule has 1 amide bonds. The number of carbonyl (C=O) groups excluding carboxylic acids is 1. The van der Waals surface area contributed by atoms with Crippen LogP contribution in [0.1, 0.15) is 24.2 Å². The average Bonchev–Trinajstić information content (AvgIpc) is 2.43. The Bertz CT molecular complexity index is 459. The van der Waals surface area contributed by atoms with Crippen LogP contribution >= 0.6 is 0 Å². The molecule has 0 aliphatic heterocycles. The van der Waals surface area contributed by atoms with Crippen LogP contribution < -0.4 is 5.73 Å². The van der Waals surface area contributed by atoms with Gasteiger partial charge >= 0.3 is 0 Å². The first-order chi connectivity index (χ1) is 8.99. The fourth-order valence-electron chi connectivity index (χ4n) is 1.65. The van der Waals surface area contributed by atoms with E-state index in [9.17, 15) is 9.18 Å². The number of hydrogen-bond acceptors (Lipinski definition) is 3. The molecule has 1 unspecified atom stereocenters. The Labute approximate surface area is 111 Å². The quantitative estimate of drug-likeness (QED) is 0.368. The number of halogens is 1. The molecule has 104 valence electrons. The Morgan fingerprint density at radius 2 is 2.05 bits per heavy atom. The highest BCUT2D eigenvalue weighted by Gasteiger charge is 2.18. The van der Waals surface area contributed by atoms with E-state index in [0.717, 1.165) is 0 Å². The zero-order valence-electron chi connectivity index (χ0n) is 11.0. The molecule has 6 heteroatoms. The summed E-state index contributed by atoms with van der Waals surface area (Å²) in [6.45, 7) is 4.41. The molecule has 0 bridgehead atoms. The van der Waals surface area contributed by atoms with Gasteiger partial charge in [-0.05, 0) is 31.2 Å². The molecule has 5 nitrogen and oxygen atoms in total. The van der Waals surface area contributed by atoms with Crippen LogP contribution in [0.25, 0.3) is 0 Å². The summed E-state index contributed by atoms with van der Waals surface area (Å²) in [5, 5.41) is 11.5. The number of benzene rings is 1. The molecule has 0 saturated carbocycles. The third kappa shape index (κ3) is 3.94. The van der Waals surface area contributed by atoms with Crippen molar-refractivity contribution in [3.05, 3.63) is 35.6 Å². The molecule has 0 aromatic heterocycles. The lowest BCUT2D eigenvalue weighted by Crippen LogP contribution is -2.38. The molecule has 19 heavy (non-hydrogen) atoms. The summed E-state index contributed by atoms with van der Waals surface area (Å²) in [7, 11) is 0. The molecule has 0 saturated heterocycles. The van der Waals surface area contributed by atoms with Crippen LogP contribution in [0.3, 0.4) is 0 Å². The average molecular weight is 267 g/mol. The van der Waals surface area contributed by atoms with Crippen molar-refractivity contribution in [2.75, 3.05) is 13.1 Å². The van der Waals surface area contributed by atoms with Gasteiger partial charge < -0.3 is 15.8 Å². The Morgan fingerprint density at radius 3 is 2.53 bits per heavy atom. The predicted molar refractivity (Wildman–Crippen MR) is 70.6 cm³/mol. The Hall–Kier alpha value is -2.11. The van der Waals surface area contributed by atoms with Crippen LogP contribution in [0, 0.1) is 11.7 Å². The summed E-state index contributed by atoms with van der Waals surface area (Å²) in [5.41, 5.74) is 5.90. The van der Waals surface area contributed by atoms with E-state index >= 15 is 0 Å². The Kier molecular flexibility index (Phi) is 5.29. The van der Waals surface area contributed by atoms with Crippen LogP contribution in [-0.4, -0.2) is 34.9 Å². The maximum atomic E-state index is 12.8. The molecule has 0 aliphatic carbocycles. The minimum Gasteiger partial charge on any atom is -0.409 e. The van der Waals surface area contributed by atoms with Crippen molar-refractivity contribution >= 4 is 11.7 Å². The standard InChI is InChI=1S/C13H18FN3O2/c1-3-17(8-9(2)12(15)16-19)13(18)10-4-6-11(14)7-5-10/h4-7,9,19H,3,8H2,1-2H3,(H2,15,16). The zero-order valence-corrected chi connectivity index (χ0v) is 11.0. The maximum absolute atomic E-state index is 12.8. The van der Waals surface area contributed by atoms with Crippen molar-refractivity contribution in [2.45, 2.75) is 13.8 Å². The first kappa shape index (κ1) is 14.9. The number of oxime groups is 1. The second-order valence-electron chi connectivity index (χ2n) is 4.28. The fourth-order valence-corrected chi connectivity index (χ4v) is 1.65. The van der Waals surface area contributed by atoms with Crippen molar-refractivity contribution in [3.8, 4) is 0 Å². The molecule has 0 radical (unpaired) electrons. The minimum atomic E-state index is -0.385. The number of hydrogen-bond donors (Lipinski definition) is 2. The van der Waals surface area contributed by atoms with E-state index in [2.05, 4.69) is 5.16 Å². The molecule has 1 aromatic rings. The Morgan fingerprint density at radius 1 is 1.47 bits per heavy atom. The van der Waals surface area contributed by atoms with E-state index in [1.54, 1.807) is 11.8 Å². The predicted octanol–water partition coefficient (Wildman–Crippen LogP) is 1.67. The summed E-state index contributed by atoms with van der Waals surface area (Å²) in [5.74, 6) is -0.774. The summed E-state index contributed by atoms with van der Waals surface area (Å²) in [6, 6.07) is 5.37. The third-order valence-corrected chi connectivity index (χ3v) is 2.87. The van der Waals surface area contributed by atoms with Gasteiger partial charge in [-0.3, -0.25) is 4.79 Å². The van der Waals surface area contributed by atoms with Gasteiger partial charge in [0.2, 0.25) is 0 Å². The van der Waals surface area contributed by atoms with E-state index in [1.165, 1.54) is 24.3 Å². The van der Waals surface area contributed by atoms with Crippen molar-refractivity contribution in [1.82, 2.24) is 4.90 Å². The smallest absolute Gasteiger partial charge is 0.253 e. The molecule has 1 rings (SSSR count). The van der Waals surface area contributed by atoms with E-state index < -0.39 is 0 Å². The lowest BCUT2D eigenvalue weighted by Gasteiger charge is -2.24. The monoisotopic (exact) mass is 267 g/mol. The lowest BCUT2D eigenvalue weighted by atomic mass is 10.1. The van der Waals surface area contributed by atoms with Crippen molar-refractivity contribution in [2.24, 2.45) is 16.8 Å². The second-order valence-corrected chi connectivity index (χ2v) is 4.28. The number of nitrogens with two attached hydrogens (primary N) is 1. The number of amidine groups is 1. The summed E-state index contributed by atoms with van der Waals surface area (Å²) in [6.07, 6.45) is 0. The largest absolute Gasteiger partial charge is 0.409 e. The van der Waals surface area contributed by atoms with E-state index in [1.807, 2.05) is 6.92 Å². The van der Waals surface area contributed by atoms with Gasteiger partial charge in [0.15, 0.2) is 0 Å². The van der Waals surface area contributed by atoms with Gasteiger partial charge in [0.1, 0.15) is 11.7 Å². The molecular weight excluding hydrogens is 249 g/mol. The first-order valence-corrected chi connectivity index (χ1v) is 6.01. The zero-order chi connectivity index (χ0) is 14.4. The first-order valence-electron chi connectivity index (χ1n) is 6.01. The van der Waals surface area contributed by atoms with Gasteiger partial charge in [0.05, 0.1) is 0 Å². The molecule has 1 aromatic carbocycles. The number of rotatable bonds is 5. The summed E-state index contributed by atoms with van der Waals surface area (Å²) < 4.78 is 12.8. The van der Waals surface area contributed by atoms with Gasteiger partial charge in [0.25, 0.3) is 5.91 Å². The summed E-state index contributed by atoms with van der Waals surface area (Å²) >= 11 is 0. The maximum Gasteiger partial charge on any atom is 0.253 e. The lowest BCUT2D eigenvalue weighted by molar-refractivity contribution is 0.0754.